The maximum atomic E-state index is 12.0. The lowest BCUT2D eigenvalue weighted by atomic mass is 10.1. The van der Waals surface area contributed by atoms with E-state index in [9.17, 15) is 4.79 Å². The van der Waals surface area contributed by atoms with E-state index in [1.807, 2.05) is 49.0 Å². The average Bonchev–Trinajstić information content (AvgIpc) is 2.76. The second kappa shape index (κ2) is 5.69. The Bertz CT molecular complexity index is 587. The summed E-state index contributed by atoms with van der Waals surface area (Å²) < 4.78 is 1.92. The fraction of sp³-hybridized carbons (Fsp3) is 0.333. The molecule has 2 rings (SSSR count). The number of aryl methyl sites for hydroxylation is 2. The summed E-state index contributed by atoms with van der Waals surface area (Å²) in [6, 6.07) is 7.58. The highest BCUT2D eigenvalue weighted by atomic mass is 16.1. The highest BCUT2D eigenvalue weighted by molar-refractivity contribution is 5.94. The number of carbonyl (C=O) groups excluding carboxylic acids is 1. The van der Waals surface area contributed by atoms with Crippen LogP contribution < -0.4 is 5.32 Å². The van der Waals surface area contributed by atoms with E-state index in [4.69, 9.17) is 0 Å². The Balaban J connectivity index is 2.02. The van der Waals surface area contributed by atoms with E-state index in [1.165, 1.54) is 0 Å². The molecule has 0 atom stereocenters. The van der Waals surface area contributed by atoms with Crippen LogP contribution in [0.15, 0.2) is 30.5 Å². The lowest BCUT2D eigenvalue weighted by Crippen LogP contribution is -2.23. The number of carbonyl (C=O) groups is 1. The van der Waals surface area contributed by atoms with E-state index < -0.39 is 0 Å². The molecule has 0 saturated heterocycles. The van der Waals surface area contributed by atoms with Gasteiger partial charge in [0.25, 0.3) is 5.91 Å². The monoisotopic (exact) mass is 257 g/mol. The van der Waals surface area contributed by atoms with Crippen LogP contribution in [-0.4, -0.2) is 15.7 Å². The summed E-state index contributed by atoms with van der Waals surface area (Å²) in [6.45, 7) is 7.40. The Morgan fingerprint density at radius 2 is 2.16 bits per heavy atom. The maximum absolute atomic E-state index is 12.0. The molecule has 1 N–H and O–H groups in total. The smallest absolute Gasteiger partial charge is 0.251 e. The Labute approximate surface area is 113 Å². The van der Waals surface area contributed by atoms with Gasteiger partial charge in [-0.15, -0.1) is 0 Å². The molecule has 0 bridgehead atoms. The molecule has 1 aromatic heterocycles. The molecule has 4 heteroatoms. The van der Waals surface area contributed by atoms with E-state index in [1.54, 1.807) is 0 Å². The van der Waals surface area contributed by atoms with Crippen molar-refractivity contribution in [2.75, 3.05) is 0 Å². The third-order valence-electron chi connectivity index (χ3n) is 3.22. The summed E-state index contributed by atoms with van der Waals surface area (Å²) >= 11 is 0. The van der Waals surface area contributed by atoms with Gasteiger partial charge in [-0.2, -0.15) is 5.10 Å². The van der Waals surface area contributed by atoms with Crippen molar-refractivity contribution in [3.63, 3.8) is 0 Å². The van der Waals surface area contributed by atoms with Crippen molar-refractivity contribution >= 4 is 5.91 Å². The summed E-state index contributed by atoms with van der Waals surface area (Å²) in [5.74, 6) is -0.0488. The summed E-state index contributed by atoms with van der Waals surface area (Å²) in [6.07, 6.45) is 1.81. The predicted octanol–water partition coefficient (Wildman–Crippen LogP) is 2.45. The highest BCUT2D eigenvalue weighted by Crippen LogP contribution is 2.08. The SMILES string of the molecule is CCn1ncc(CNC(=O)c2cccc(C)c2)c1C. The van der Waals surface area contributed by atoms with Crippen molar-refractivity contribution in [2.45, 2.75) is 33.9 Å². The maximum Gasteiger partial charge on any atom is 0.251 e. The first-order valence-electron chi connectivity index (χ1n) is 6.48. The van der Waals surface area contributed by atoms with Crippen LogP contribution in [0.5, 0.6) is 0 Å². The standard InChI is InChI=1S/C15H19N3O/c1-4-18-12(3)14(10-17-18)9-16-15(19)13-7-5-6-11(2)8-13/h5-8,10H,4,9H2,1-3H3,(H,16,19). The molecule has 100 valence electrons. The first kappa shape index (κ1) is 13.3. The van der Waals surface area contributed by atoms with E-state index in [-0.39, 0.29) is 5.91 Å². The minimum atomic E-state index is -0.0488. The molecule has 1 aromatic carbocycles. The normalized spacial score (nSPS) is 10.5. The molecule has 0 saturated carbocycles. The molecule has 0 fully saturated rings. The van der Waals surface area contributed by atoms with Crippen LogP contribution in [0.1, 0.15) is 34.1 Å². The molecule has 2 aromatic rings. The number of amides is 1. The molecule has 0 aliphatic carbocycles. The number of nitrogens with zero attached hydrogens (tertiary/aromatic N) is 2. The molecule has 1 amide bonds. The highest BCUT2D eigenvalue weighted by Gasteiger charge is 2.08. The lowest BCUT2D eigenvalue weighted by molar-refractivity contribution is 0.0951. The molecule has 0 aliphatic rings. The Morgan fingerprint density at radius 3 is 2.79 bits per heavy atom. The van der Waals surface area contributed by atoms with Crippen LogP contribution in [0.25, 0.3) is 0 Å². The number of aromatic nitrogens is 2. The van der Waals surface area contributed by atoms with Crippen LogP contribution in [0.2, 0.25) is 0 Å². The molecule has 0 unspecified atom stereocenters. The summed E-state index contributed by atoms with van der Waals surface area (Å²) in [7, 11) is 0. The Hall–Kier alpha value is -2.10. The molecular formula is C15H19N3O. The topological polar surface area (TPSA) is 46.9 Å². The van der Waals surface area contributed by atoms with Gasteiger partial charge in [-0.1, -0.05) is 17.7 Å². The molecule has 4 nitrogen and oxygen atoms in total. The molecule has 0 spiro atoms. The van der Waals surface area contributed by atoms with E-state index >= 15 is 0 Å². The molecule has 1 heterocycles. The molecular weight excluding hydrogens is 238 g/mol. The number of benzene rings is 1. The zero-order valence-corrected chi connectivity index (χ0v) is 11.6. The first-order valence-corrected chi connectivity index (χ1v) is 6.48. The van der Waals surface area contributed by atoms with Gasteiger partial charge >= 0.3 is 0 Å². The van der Waals surface area contributed by atoms with Crippen LogP contribution in [-0.2, 0) is 13.1 Å². The second-order valence-corrected chi connectivity index (χ2v) is 4.62. The van der Waals surface area contributed by atoms with E-state index in [0.29, 0.717) is 12.1 Å². The Kier molecular flexibility index (Phi) is 4.00. The van der Waals surface area contributed by atoms with Crippen molar-refractivity contribution in [1.29, 1.82) is 0 Å². The van der Waals surface area contributed by atoms with Gasteiger partial charge in [-0.25, -0.2) is 0 Å². The van der Waals surface area contributed by atoms with Gasteiger partial charge in [-0.05, 0) is 32.9 Å². The fourth-order valence-corrected chi connectivity index (χ4v) is 2.04. The second-order valence-electron chi connectivity index (χ2n) is 4.62. The van der Waals surface area contributed by atoms with Crippen molar-refractivity contribution in [2.24, 2.45) is 0 Å². The fourth-order valence-electron chi connectivity index (χ4n) is 2.04. The van der Waals surface area contributed by atoms with Gasteiger partial charge in [0.1, 0.15) is 0 Å². The third kappa shape index (κ3) is 3.02. The third-order valence-corrected chi connectivity index (χ3v) is 3.22. The quantitative estimate of drug-likeness (QED) is 0.914. The van der Waals surface area contributed by atoms with Gasteiger partial charge in [0, 0.05) is 29.9 Å². The average molecular weight is 257 g/mol. The predicted molar refractivity (Wildman–Crippen MR) is 75.0 cm³/mol. The van der Waals surface area contributed by atoms with Crippen molar-refractivity contribution < 1.29 is 4.79 Å². The Morgan fingerprint density at radius 1 is 1.37 bits per heavy atom. The van der Waals surface area contributed by atoms with Gasteiger partial charge in [0.15, 0.2) is 0 Å². The van der Waals surface area contributed by atoms with Gasteiger partial charge in [0.05, 0.1) is 6.20 Å². The van der Waals surface area contributed by atoms with Crippen LogP contribution in [0, 0.1) is 13.8 Å². The van der Waals surface area contributed by atoms with Crippen LogP contribution in [0.4, 0.5) is 0 Å². The zero-order chi connectivity index (χ0) is 13.8. The molecule has 19 heavy (non-hydrogen) atoms. The van der Waals surface area contributed by atoms with Crippen molar-refractivity contribution in [1.82, 2.24) is 15.1 Å². The summed E-state index contributed by atoms with van der Waals surface area (Å²) in [5.41, 5.74) is 3.94. The van der Waals surface area contributed by atoms with Crippen LogP contribution >= 0.6 is 0 Å². The number of rotatable bonds is 4. The minimum Gasteiger partial charge on any atom is -0.348 e. The van der Waals surface area contributed by atoms with E-state index in [0.717, 1.165) is 23.4 Å². The molecule has 0 aliphatic heterocycles. The largest absolute Gasteiger partial charge is 0.348 e. The lowest BCUT2D eigenvalue weighted by Gasteiger charge is -2.06. The minimum absolute atomic E-state index is 0.0488. The first-order chi connectivity index (χ1) is 9.11. The van der Waals surface area contributed by atoms with Crippen molar-refractivity contribution in [3.8, 4) is 0 Å². The van der Waals surface area contributed by atoms with Crippen molar-refractivity contribution in [3.05, 3.63) is 52.8 Å². The summed E-state index contributed by atoms with van der Waals surface area (Å²) in [5, 5.41) is 7.19. The van der Waals surface area contributed by atoms with Gasteiger partial charge in [-0.3, -0.25) is 9.48 Å². The zero-order valence-electron chi connectivity index (χ0n) is 11.6. The summed E-state index contributed by atoms with van der Waals surface area (Å²) in [4.78, 5) is 12.0. The van der Waals surface area contributed by atoms with Crippen LogP contribution in [0.3, 0.4) is 0 Å². The number of hydrogen-bond donors (Lipinski definition) is 1. The van der Waals surface area contributed by atoms with E-state index in [2.05, 4.69) is 17.3 Å². The van der Waals surface area contributed by atoms with Gasteiger partial charge in [0.2, 0.25) is 0 Å². The number of nitrogens with one attached hydrogen (secondary N) is 1. The number of hydrogen-bond acceptors (Lipinski definition) is 2. The molecule has 0 radical (unpaired) electrons. The van der Waals surface area contributed by atoms with Gasteiger partial charge < -0.3 is 5.32 Å².